The molecule has 5 nitrogen and oxygen atoms in total. The van der Waals surface area contributed by atoms with Gasteiger partial charge in [-0.2, -0.15) is 0 Å². The van der Waals surface area contributed by atoms with E-state index < -0.39 is 0 Å². The van der Waals surface area contributed by atoms with Crippen LogP contribution in [0.5, 0.6) is 5.75 Å². The predicted molar refractivity (Wildman–Crippen MR) is 69.0 cm³/mol. The van der Waals surface area contributed by atoms with Crippen LogP contribution in [0.1, 0.15) is 26.2 Å². The minimum absolute atomic E-state index is 0.250. The lowest BCUT2D eigenvalue weighted by Crippen LogP contribution is -2.05. The maximum absolute atomic E-state index is 9.33. The van der Waals surface area contributed by atoms with E-state index >= 15 is 0 Å². The molecule has 1 rings (SSSR count). The Morgan fingerprint density at radius 3 is 2.83 bits per heavy atom. The SMILES string of the molecule is CCC(O)CCCON=Nc1ccccc1OC. The topological polar surface area (TPSA) is 63.4 Å². The molecule has 0 aliphatic rings. The average Bonchev–Trinajstić information content (AvgIpc) is 2.42. The summed E-state index contributed by atoms with van der Waals surface area (Å²) in [4.78, 5) is 5.02. The molecule has 0 radical (unpaired) electrons. The van der Waals surface area contributed by atoms with Crippen LogP contribution in [0, 0.1) is 0 Å². The highest BCUT2D eigenvalue weighted by Gasteiger charge is 2.00. The molecule has 1 N–H and O–H groups in total. The molecule has 0 bridgehead atoms. The lowest BCUT2D eigenvalue weighted by molar-refractivity contribution is 0.0993. The standard InChI is InChI=1S/C13H20N2O3/c1-3-11(16)7-6-10-18-15-14-12-8-4-5-9-13(12)17-2/h4-5,8-9,11,16H,3,6-7,10H2,1-2H3. The zero-order valence-corrected chi connectivity index (χ0v) is 10.9. The van der Waals surface area contributed by atoms with Gasteiger partial charge in [-0.25, -0.2) is 0 Å². The van der Waals surface area contributed by atoms with E-state index in [1.54, 1.807) is 13.2 Å². The smallest absolute Gasteiger partial charge is 0.146 e. The highest BCUT2D eigenvalue weighted by atomic mass is 16.6. The summed E-state index contributed by atoms with van der Waals surface area (Å²) < 4.78 is 5.13. The Hall–Kier alpha value is -1.62. The molecule has 0 aliphatic carbocycles. The Labute approximate surface area is 107 Å². The Bertz CT molecular complexity index is 369. The fraction of sp³-hybridized carbons (Fsp3) is 0.538. The second kappa shape index (κ2) is 8.47. The van der Waals surface area contributed by atoms with Gasteiger partial charge in [0.1, 0.15) is 18.0 Å². The number of rotatable bonds is 8. The molecule has 18 heavy (non-hydrogen) atoms. The summed E-state index contributed by atoms with van der Waals surface area (Å²) in [7, 11) is 1.58. The van der Waals surface area contributed by atoms with Crippen LogP contribution in [0.4, 0.5) is 5.69 Å². The molecule has 0 heterocycles. The third-order valence-electron chi connectivity index (χ3n) is 2.54. The van der Waals surface area contributed by atoms with Gasteiger partial charge in [-0.3, -0.25) is 0 Å². The van der Waals surface area contributed by atoms with Gasteiger partial charge >= 0.3 is 0 Å². The number of aliphatic hydroxyl groups excluding tert-OH is 1. The number of ether oxygens (including phenoxy) is 1. The number of benzene rings is 1. The molecule has 1 unspecified atom stereocenters. The minimum atomic E-state index is -0.250. The van der Waals surface area contributed by atoms with Gasteiger partial charge in [0.15, 0.2) is 0 Å². The summed E-state index contributed by atoms with van der Waals surface area (Å²) in [6.07, 6.45) is 2.00. The molecule has 0 saturated heterocycles. The van der Waals surface area contributed by atoms with Gasteiger partial charge in [-0.05, 0) is 31.4 Å². The molecule has 100 valence electrons. The minimum Gasteiger partial charge on any atom is -0.494 e. The molecule has 0 fully saturated rings. The number of hydrogen-bond acceptors (Lipinski definition) is 5. The number of nitrogens with zero attached hydrogens (tertiary/aromatic N) is 2. The van der Waals surface area contributed by atoms with Gasteiger partial charge in [0.2, 0.25) is 0 Å². The van der Waals surface area contributed by atoms with Crippen molar-refractivity contribution < 1.29 is 14.7 Å². The normalized spacial score (nSPS) is 12.6. The Balaban J connectivity index is 2.28. The van der Waals surface area contributed by atoms with Crippen molar-refractivity contribution in [1.29, 1.82) is 0 Å². The van der Waals surface area contributed by atoms with E-state index in [2.05, 4.69) is 10.4 Å². The molecule has 0 saturated carbocycles. The van der Waals surface area contributed by atoms with Crippen LogP contribution in [0.3, 0.4) is 0 Å². The second-order valence-electron chi connectivity index (χ2n) is 3.89. The van der Waals surface area contributed by atoms with Gasteiger partial charge in [-0.1, -0.05) is 19.1 Å². The van der Waals surface area contributed by atoms with Crippen molar-refractivity contribution >= 4 is 5.69 Å². The van der Waals surface area contributed by atoms with Crippen LogP contribution in [0.2, 0.25) is 0 Å². The Kier molecular flexibility index (Phi) is 6.79. The van der Waals surface area contributed by atoms with Gasteiger partial charge in [-0.15, -0.1) is 5.11 Å². The number of aliphatic hydroxyl groups is 1. The zero-order chi connectivity index (χ0) is 13.2. The van der Waals surface area contributed by atoms with Crippen LogP contribution in [-0.2, 0) is 4.84 Å². The molecule has 0 aromatic heterocycles. The van der Waals surface area contributed by atoms with Crippen molar-refractivity contribution in [3.63, 3.8) is 0 Å². The average molecular weight is 252 g/mol. The molecular formula is C13H20N2O3. The Morgan fingerprint density at radius 1 is 1.33 bits per heavy atom. The first-order valence-electron chi connectivity index (χ1n) is 6.12. The quantitative estimate of drug-likeness (QED) is 0.439. The highest BCUT2D eigenvalue weighted by molar-refractivity contribution is 5.50. The summed E-state index contributed by atoms with van der Waals surface area (Å²) in [5.74, 6) is 0.659. The van der Waals surface area contributed by atoms with E-state index in [1.807, 2.05) is 25.1 Å². The molecule has 0 amide bonds. The van der Waals surface area contributed by atoms with Gasteiger partial charge in [0.05, 0.1) is 13.2 Å². The van der Waals surface area contributed by atoms with E-state index in [4.69, 9.17) is 9.57 Å². The molecule has 1 aromatic rings. The molecular weight excluding hydrogens is 232 g/mol. The summed E-state index contributed by atoms with van der Waals surface area (Å²) in [5, 5.41) is 16.9. The van der Waals surface area contributed by atoms with E-state index in [-0.39, 0.29) is 6.10 Å². The number of para-hydroxylation sites is 1. The number of hydrogen-bond donors (Lipinski definition) is 1. The van der Waals surface area contributed by atoms with Crippen molar-refractivity contribution in [2.24, 2.45) is 10.4 Å². The number of methoxy groups -OCH3 is 1. The molecule has 1 aromatic carbocycles. The van der Waals surface area contributed by atoms with Crippen molar-refractivity contribution in [3.05, 3.63) is 24.3 Å². The summed E-state index contributed by atoms with van der Waals surface area (Å²) in [6.45, 7) is 2.41. The molecule has 0 aliphatic heterocycles. The van der Waals surface area contributed by atoms with Crippen LogP contribution in [0.25, 0.3) is 0 Å². The summed E-state index contributed by atoms with van der Waals surface area (Å²) in [6, 6.07) is 7.33. The molecule has 5 heteroatoms. The lowest BCUT2D eigenvalue weighted by atomic mass is 10.2. The monoisotopic (exact) mass is 252 g/mol. The first-order valence-corrected chi connectivity index (χ1v) is 6.12. The van der Waals surface area contributed by atoms with Crippen LogP contribution in [-0.4, -0.2) is 24.9 Å². The fourth-order valence-electron chi connectivity index (χ4n) is 1.41. The zero-order valence-electron chi connectivity index (χ0n) is 10.9. The van der Waals surface area contributed by atoms with E-state index in [0.29, 0.717) is 18.0 Å². The third kappa shape index (κ3) is 5.14. The second-order valence-corrected chi connectivity index (χ2v) is 3.89. The predicted octanol–water partition coefficient (Wildman–Crippen LogP) is 3.26. The third-order valence-corrected chi connectivity index (χ3v) is 2.54. The van der Waals surface area contributed by atoms with Crippen LogP contribution >= 0.6 is 0 Å². The molecule has 1 atom stereocenters. The van der Waals surface area contributed by atoms with Crippen LogP contribution in [0.15, 0.2) is 34.7 Å². The lowest BCUT2D eigenvalue weighted by Gasteiger charge is -2.05. The highest BCUT2D eigenvalue weighted by Crippen LogP contribution is 2.26. The van der Waals surface area contributed by atoms with Gasteiger partial charge in [0, 0.05) is 5.28 Å². The first-order chi connectivity index (χ1) is 8.77. The molecule has 0 spiro atoms. The van der Waals surface area contributed by atoms with E-state index in [0.717, 1.165) is 19.3 Å². The van der Waals surface area contributed by atoms with Gasteiger partial charge < -0.3 is 14.7 Å². The summed E-state index contributed by atoms with van der Waals surface area (Å²) >= 11 is 0. The fourth-order valence-corrected chi connectivity index (χ4v) is 1.41. The van der Waals surface area contributed by atoms with Crippen molar-refractivity contribution in [1.82, 2.24) is 0 Å². The van der Waals surface area contributed by atoms with Gasteiger partial charge in [0.25, 0.3) is 0 Å². The van der Waals surface area contributed by atoms with Crippen LogP contribution < -0.4 is 4.74 Å². The summed E-state index contributed by atoms with van der Waals surface area (Å²) in [5.41, 5.74) is 0.633. The first kappa shape index (κ1) is 14.4. The van der Waals surface area contributed by atoms with Crippen molar-refractivity contribution in [3.8, 4) is 5.75 Å². The van der Waals surface area contributed by atoms with Crippen molar-refractivity contribution in [2.75, 3.05) is 13.7 Å². The maximum Gasteiger partial charge on any atom is 0.146 e. The van der Waals surface area contributed by atoms with E-state index in [1.165, 1.54) is 0 Å². The Morgan fingerprint density at radius 2 is 2.11 bits per heavy atom. The largest absolute Gasteiger partial charge is 0.494 e. The maximum atomic E-state index is 9.33. The van der Waals surface area contributed by atoms with E-state index in [9.17, 15) is 5.11 Å². The van der Waals surface area contributed by atoms with Crippen molar-refractivity contribution in [2.45, 2.75) is 32.3 Å².